The number of benzene rings is 1. The van der Waals surface area contributed by atoms with E-state index in [9.17, 15) is 0 Å². The fourth-order valence-corrected chi connectivity index (χ4v) is 2.48. The molecule has 1 N–H and O–H groups in total. The van der Waals surface area contributed by atoms with Crippen LogP contribution in [0, 0.1) is 6.57 Å². The first-order valence-electron chi connectivity index (χ1n) is 6.57. The zero-order valence-electron chi connectivity index (χ0n) is 12.2. The average Bonchev–Trinajstić information content (AvgIpc) is 2.95. The van der Waals surface area contributed by atoms with E-state index in [1.165, 1.54) is 0 Å². The van der Waals surface area contributed by atoms with E-state index >= 15 is 0 Å². The van der Waals surface area contributed by atoms with Crippen molar-refractivity contribution < 1.29 is 4.74 Å². The standard InChI is InChI=1S/C17H12ClN3O.ClH/c1-19-16(7-11-9-20-6-5-17(11)22-2)14-10-21-15-4-3-12(18)8-13(14)15;/h3-10,21H,2H3;1H/b16-7-;. The van der Waals surface area contributed by atoms with Crippen LogP contribution in [0.25, 0.3) is 27.5 Å². The number of fused-ring (bicyclic) bond motifs is 1. The van der Waals surface area contributed by atoms with E-state index in [1.807, 2.05) is 24.4 Å². The summed E-state index contributed by atoms with van der Waals surface area (Å²) in [5.74, 6) is 0.675. The number of aromatic nitrogens is 2. The van der Waals surface area contributed by atoms with Crippen LogP contribution in [0.15, 0.2) is 42.9 Å². The molecule has 0 aliphatic heterocycles. The van der Waals surface area contributed by atoms with Crippen LogP contribution >= 0.6 is 24.0 Å². The lowest BCUT2D eigenvalue weighted by Crippen LogP contribution is -1.88. The molecule has 2 heterocycles. The van der Waals surface area contributed by atoms with Gasteiger partial charge in [-0.2, -0.15) is 0 Å². The number of H-pyrrole nitrogens is 1. The van der Waals surface area contributed by atoms with E-state index in [0.29, 0.717) is 16.5 Å². The summed E-state index contributed by atoms with van der Waals surface area (Å²) in [7, 11) is 1.59. The summed E-state index contributed by atoms with van der Waals surface area (Å²) in [6.07, 6.45) is 6.90. The van der Waals surface area contributed by atoms with Crippen LogP contribution in [0.1, 0.15) is 11.1 Å². The topological polar surface area (TPSA) is 42.3 Å². The largest absolute Gasteiger partial charge is 0.496 e. The smallest absolute Gasteiger partial charge is 0.197 e. The molecule has 0 saturated carbocycles. The van der Waals surface area contributed by atoms with Crippen LogP contribution in [0.5, 0.6) is 5.75 Å². The van der Waals surface area contributed by atoms with Gasteiger partial charge in [0.15, 0.2) is 5.70 Å². The molecule has 1 aromatic carbocycles. The minimum atomic E-state index is 0. The van der Waals surface area contributed by atoms with Gasteiger partial charge in [-0.1, -0.05) is 11.6 Å². The Morgan fingerprint density at radius 3 is 2.96 bits per heavy atom. The van der Waals surface area contributed by atoms with E-state index in [4.69, 9.17) is 22.9 Å². The van der Waals surface area contributed by atoms with Crippen molar-refractivity contribution >= 4 is 46.7 Å². The zero-order valence-corrected chi connectivity index (χ0v) is 13.8. The lowest BCUT2D eigenvalue weighted by molar-refractivity contribution is 0.413. The van der Waals surface area contributed by atoms with E-state index < -0.39 is 0 Å². The number of nitrogens with one attached hydrogen (secondary N) is 1. The molecular formula is C17H13Cl2N3O. The summed E-state index contributed by atoms with van der Waals surface area (Å²) < 4.78 is 5.30. The summed E-state index contributed by atoms with van der Waals surface area (Å²) in [5, 5.41) is 1.55. The Kier molecular flexibility index (Phi) is 5.28. The Morgan fingerprint density at radius 2 is 2.22 bits per heavy atom. The first-order chi connectivity index (χ1) is 10.7. The third kappa shape index (κ3) is 3.31. The van der Waals surface area contributed by atoms with E-state index in [-0.39, 0.29) is 12.4 Å². The van der Waals surface area contributed by atoms with Gasteiger partial charge in [0.1, 0.15) is 5.75 Å². The fourth-order valence-electron chi connectivity index (χ4n) is 2.31. The van der Waals surface area contributed by atoms with Crippen molar-refractivity contribution in [3.8, 4) is 5.75 Å². The predicted octanol–water partition coefficient (Wildman–Crippen LogP) is 5.06. The molecule has 4 nitrogen and oxygen atoms in total. The van der Waals surface area contributed by atoms with Gasteiger partial charge in [0.2, 0.25) is 0 Å². The highest BCUT2D eigenvalue weighted by molar-refractivity contribution is 6.31. The number of halogens is 2. The molecule has 0 bridgehead atoms. The van der Waals surface area contributed by atoms with E-state index in [1.54, 1.807) is 31.6 Å². The molecule has 0 amide bonds. The Morgan fingerprint density at radius 1 is 1.39 bits per heavy atom. The van der Waals surface area contributed by atoms with Crippen molar-refractivity contribution in [2.24, 2.45) is 0 Å². The number of hydrogen-bond acceptors (Lipinski definition) is 2. The van der Waals surface area contributed by atoms with Gasteiger partial charge in [0, 0.05) is 34.1 Å². The molecule has 0 saturated heterocycles. The summed E-state index contributed by atoms with van der Waals surface area (Å²) in [6.45, 7) is 7.49. The molecule has 0 spiro atoms. The minimum absolute atomic E-state index is 0. The van der Waals surface area contributed by atoms with Gasteiger partial charge < -0.3 is 9.72 Å². The molecule has 0 fully saturated rings. The molecule has 0 unspecified atom stereocenters. The molecule has 3 aromatic rings. The van der Waals surface area contributed by atoms with Gasteiger partial charge in [-0.25, -0.2) is 4.85 Å². The number of pyridine rings is 1. The maximum absolute atomic E-state index is 7.49. The van der Waals surface area contributed by atoms with Crippen LogP contribution in [0.3, 0.4) is 0 Å². The molecule has 0 atom stereocenters. The third-order valence-corrected chi connectivity index (χ3v) is 3.60. The van der Waals surface area contributed by atoms with Gasteiger partial charge in [-0.15, -0.1) is 12.4 Å². The highest BCUT2D eigenvalue weighted by Crippen LogP contribution is 2.31. The second-order valence-corrected chi connectivity index (χ2v) is 5.09. The van der Waals surface area contributed by atoms with Crippen molar-refractivity contribution in [1.82, 2.24) is 9.97 Å². The van der Waals surface area contributed by atoms with Crippen molar-refractivity contribution in [3.05, 3.63) is 70.4 Å². The predicted molar refractivity (Wildman–Crippen MR) is 95.8 cm³/mol. The quantitative estimate of drug-likeness (QED) is 0.673. The number of ether oxygens (including phenoxy) is 1. The Balaban J connectivity index is 0.00000192. The van der Waals surface area contributed by atoms with Crippen molar-refractivity contribution in [3.63, 3.8) is 0 Å². The minimum Gasteiger partial charge on any atom is -0.496 e. The van der Waals surface area contributed by atoms with Crippen molar-refractivity contribution in [2.75, 3.05) is 7.11 Å². The highest BCUT2D eigenvalue weighted by Gasteiger charge is 2.11. The Hall–Kier alpha value is -2.48. The van der Waals surface area contributed by atoms with Crippen LogP contribution in [0.4, 0.5) is 0 Å². The second-order valence-electron chi connectivity index (χ2n) is 4.65. The third-order valence-electron chi connectivity index (χ3n) is 3.36. The van der Waals surface area contributed by atoms with E-state index in [0.717, 1.165) is 22.0 Å². The first-order valence-corrected chi connectivity index (χ1v) is 6.95. The molecular weight excluding hydrogens is 333 g/mol. The van der Waals surface area contributed by atoms with Crippen LogP contribution in [-0.4, -0.2) is 17.1 Å². The molecule has 2 aromatic heterocycles. The maximum Gasteiger partial charge on any atom is 0.197 e. The summed E-state index contributed by atoms with van der Waals surface area (Å²) >= 11 is 6.06. The maximum atomic E-state index is 7.49. The molecule has 6 heteroatoms. The van der Waals surface area contributed by atoms with E-state index in [2.05, 4.69) is 14.8 Å². The lowest BCUT2D eigenvalue weighted by Gasteiger charge is -2.04. The number of nitrogens with zero attached hydrogens (tertiary/aromatic N) is 2. The monoisotopic (exact) mass is 345 g/mol. The van der Waals surface area contributed by atoms with Crippen molar-refractivity contribution in [2.45, 2.75) is 0 Å². The molecule has 23 heavy (non-hydrogen) atoms. The Bertz CT molecular complexity index is 910. The molecule has 116 valence electrons. The molecule has 0 aliphatic rings. The summed E-state index contributed by atoms with van der Waals surface area (Å²) in [4.78, 5) is 10.9. The van der Waals surface area contributed by atoms with Crippen molar-refractivity contribution in [1.29, 1.82) is 0 Å². The number of aromatic amines is 1. The van der Waals surface area contributed by atoms with Crippen LogP contribution in [0.2, 0.25) is 5.02 Å². The van der Waals surface area contributed by atoms with Gasteiger partial charge in [-0.05, 0) is 41.9 Å². The zero-order chi connectivity index (χ0) is 15.5. The van der Waals surface area contributed by atoms with Gasteiger partial charge in [0.25, 0.3) is 0 Å². The van der Waals surface area contributed by atoms with Crippen LogP contribution < -0.4 is 4.74 Å². The number of methoxy groups -OCH3 is 1. The number of rotatable bonds is 3. The number of hydrogen-bond donors (Lipinski definition) is 1. The summed E-state index contributed by atoms with van der Waals surface area (Å²) in [5.41, 5.74) is 3.00. The lowest BCUT2D eigenvalue weighted by atomic mass is 10.1. The SMILES string of the molecule is Cl.[C-]#[N+]/C(=C\c1cnccc1OC)c1c[nH]c2ccc(Cl)cc12. The highest BCUT2D eigenvalue weighted by atomic mass is 35.5. The normalized spacial score (nSPS) is 10.9. The first kappa shape index (κ1) is 16.9. The summed E-state index contributed by atoms with van der Waals surface area (Å²) in [6, 6.07) is 7.32. The van der Waals surface area contributed by atoms with Gasteiger partial charge in [0.05, 0.1) is 13.7 Å². The fraction of sp³-hybridized carbons (Fsp3) is 0.0588. The van der Waals surface area contributed by atoms with Gasteiger partial charge in [-0.3, -0.25) is 4.98 Å². The molecule has 0 aliphatic carbocycles. The van der Waals surface area contributed by atoms with Crippen LogP contribution in [-0.2, 0) is 0 Å². The molecule has 0 radical (unpaired) electrons. The molecule has 3 rings (SSSR count). The van der Waals surface area contributed by atoms with Gasteiger partial charge >= 0.3 is 0 Å². The average molecular weight is 346 g/mol. The second kappa shape index (κ2) is 7.19. The Labute approximate surface area is 145 Å².